The molecule has 0 spiro atoms. The molecule has 0 saturated heterocycles. The maximum absolute atomic E-state index is 10.8. The van der Waals surface area contributed by atoms with E-state index in [1.807, 2.05) is 18.2 Å². The van der Waals surface area contributed by atoms with E-state index in [4.69, 9.17) is 9.84 Å². The molecule has 0 saturated carbocycles. The molecule has 1 amide bonds. The number of aryl methyl sites for hydroxylation is 1. The van der Waals surface area contributed by atoms with Crippen LogP contribution in [0.2, 0.25) is 0 Å². The molecule has 0 radical (unpaired) electrons. The second kappa shape index (κ2) is 7.29. The number of hydrogen-bond acceptors (Lipinski definition) is 3. The molecule has 1 aromatic rings. The fraction of sp³-hybridized carbons (Fsp3) is 0.417. The fourth-order valence-corrected chi connectivity index (χ4v) is 1.83. The van der Waals surface area contributed by atoms with E-state index in [-0.39, 0.29) is 5.91 Å². The Morgan fingerprint density at radius 1 is 1.53 bits per heavy atom. The zero-order valence-corrected chi connectivity index (χ0v) is 11.3. The van der Waals surface area contributed by atoms with Gasteiger partial charge in [-0.3, -0.25) is 4.79 Å². The number of methoxy groups -OCH3 is 1. The maximum Gasteiger partial charge on any atom is 0.245 e. The zero-order valence-electron chi connectivity index (χ0n) is 9.70. The topological polar surface area (TPSA) is 58.6 Å². The van der Waals surface area contributed by atoms with Crippen LogP contribution in [-0.2, 0) is 11.2 Å². The van der Waals surface area contributed by atoms with Gasteiger partial charge in [0.05, 0.1) is 7.11 Å². The first-order chi connectivity index (χ1) is 8.17. The number of hydrogen-bond donors (Lipinski definition) is 2. The van der Waals surface area contributed by atoms with Crippen LogP contribution in [0.4, 0.5) is 0 Å². The molecule has 0 aromatic heterocycles. The number of halogens is 1. The molecule has 0 unspecified atom stereocenters. The van der Waals surface area contributed by atoms with Crippen molar-refractivity contribution >= 4 is 21.8 Å². The monoisotopic (exact) mass is 301 g/mol. The summed E-state index contributed by atoms with van der Waals surface area (Å²) < 4.78 is 6.25. The van der Waals surface area contributed by atoms with Crippen molar-refractivity contribution in [3.8, 4) is 5.75 Å². The molecule has 2 N–H and O–H groups in total. The third-order valence-electron chi connectivity index (χ3n) is 2.34. The van der Waals surface area contributed by atoms with Crippen molar-refractivity contribution in [2.45, 2.75) is 12.8 Å². The summed E-state index contributed by atoms with van der Waals surface area (Å²) in [6.07, 6.45) is 1.63. The van der Waals surface area contributed by atoms with Gasteiger partial charge in [-0.2, -0.15) is 0 Å². The Bertz CT molecular complexity index is 382. The molecule has 0 aliphatic rings. The number of aliphatic hydroxyl groups excluding tert-OH is 1. The summed E-state index contributed by atoms with van der Waals surface area (Å²) in [7, 11) is 1.64. The van der Waals surface area contributed by atoms with Crippen LogP contribution in [0.3, 0.4) is 0 Å². The second-order valence-corrected chi connectivity index (χ2v) is 4.48. The summed E-state index contributed by atoms with van der Waals surface area (Å²) >= 11 is 3.38. The van der Waals surface area contributed by atoms with Crippen LogP contribution in [0, 0.1) is 0 Å². The number of nitrogens with one attached hydrogen (secondary N) is 1. The van der Waals surface area contributed by atoms with Gasteiger partial charge in [-0.25, -0.2) is 0 Å². The number of carbonyl (C=O) groups excluding carboxylic acids is 1. The molecular formula is C12H16BrNO3. The van der Waals surface area contributed by atoms with Crippen LogP contribution in [0.1, 0.15) is 12.0 Å². The molecule has 4 nitrogen and oxygen atoms in total. The van der Waals surface area contributed by atoms with Gasteiger partial charge in [0.15, 0.2) is 0 Å². The van der Waals surface area contributed by atoms with Gasteiger partial charge in [0.1, 0.15) is 12.4 Å². The quantitative estimate of drug-likeness (QED) is 0.783. The number of amides is 1. The van der Waals surface area contributed by atoms with Crippen molar-refractivity contribution < 1.29 is 14.6 Å². The predicted molar refractivity (Wildman–Crippen MR) is 69.1 cm³/mol. The van der Waals surface area contributed by atoms with Gasteiger partial charge < -0.3 is 15.2 Å². The molecule has 0 atom stereocenters. The average Bonchev–Trinajstić information content (AvgIpc) is 2.35. The molecule has 0 aliphatic heterocycles. The third-order valence-corrected chi connectivity index (χ3v) is 2.83. The molecular weight excluding hydrogens is 286 g/mol. The maximum atomic E-state index is 10.8. The first kappa shape index (κ1) is 14.0. The normalized spacial score (nSPS) is 10.1. The molecule has 1 aromatic carbocycles. The number of carbonyl (C=O) groups is 1. The summed E-state index contributed by atoms with van der Waals surface area (Å²) in [6, 6.07) is 5.88. The van der Waals surface area contributed by atoms with Gasteiger partial charge in [0.2, 0.25) is 5.91 Å². The van der Waals surface area contributed by atoms with Gasteiger partial charge in [0.25, 0.3) is 0 Å². The summed E-state index contributed by atoms with van der Waals surface area (Å²) in [4.78, 5) is 10.8. The van der Waals surface area contributed by atoms with Gasteiger partial charge >= 0.3 is 0 Å². The van der Waals surface area contributed by atoms with Crippen LogP contribution in [0.15, 0.2) is 22.7 Å². The van der Waals surface area contributed by atoms with Crippen molar-refractivity contribution in [1.29, 1.82) is 0 Å². The van der Waals surface area contributed by atoms with E-state index in [0.29, 0.717) is 6.54 Å². The highest BCUT2D eigenvalue weighted by Crippen LogP contribution is 2.24. The SMILES string of the molecule is COc1cc(Br)ccc1CCCNC(=O)CO. The van der Waals surface area contributed by atoms with Crippen molar-refractivity contribution in [2.24, 2.45) is 0 Å². The molecule has 0 fully saturated rings. The van der Waals surface area contributed by atoms with Gasteiger partial charge in [-0.15, -0.1) is 0 Å². The summed E-state index contributed by atoms with van der Waals surface area (Å²) in [5.74, 6) is 0.501. The van der Waals surface area contributed by atoms with E-state index < -0.39 is 6.61 Å². The smallest absolute Gasteiger partial charge is 0.245 e. The minimum Gasteiger partial charge on any atom is -0.496 e. The van der Waals surface area contributed by atoms with Crippen molar-refractivity contribution in [1.82, 2.24) is 5.32 Å². The summed E-state index contributed by atoms with van der Waals surface area (Å²) in [5, 5.41) is 11.1. The van der Waals surface area contributed by atoms with E-state index in [1.165, 1.54) is 0 Å². The highest BCUT2D eigenvalue weighted by Gasteiger charge is 2.04. The second-order valence-electron chi connectivity index (χ2n) is 3.57. The van der Waals surface area contributed by atoms with Crippen molar-refractivity contribution in [2.75, 3.05) is 20.3 Å². The lowest BCUT2D eigenvalue weighted by molar-refractivity contribution is -0.123. The average molecular weight is 302 g/mol. The zero-order chi connectivity index (χ0) is 12.7. The van der Waals surface area contributed by atoms with Gasteiger partial charge in [-0.05, 0) is 30.5 Å². The highest BCUT2D eigenvalue weighted by molar-refractivity contribution is 9.10. The molecule has 94 valence electrons. The first-order valence-corrected chi connectivity index (χ1v) is 6.16. The molecule has 5 heteroatoms. The lowest BCUT2D eigenvalue weighted by Gasteiger charge is -2.09. The summed E-state index contributed by atoms with van der Waals surface area (Å²) in [6.45, 7) is 0.0974. The lowest BCUT2D eigenvalue weighted by Crippen LogP contribution is -2.27. The van der Waals surface area contributed by atoms with E-state index in [1.54, 1.807) is 7.11 Å². The van der Waals surface area contributed by atoms with E-state index in [2.05, 4.69) is 21.2 Å². The Morgan fingerprint density at radius 3 is 2.94 bits per heavy atom. The largest absolute Gasteiger partial charge is 0.496 e. The number of benzene rings is 1. The van der Waals surface area contributed by atoms with Crippen molar-refractivity contribution in [3.63, 3.8) is 0 Å². The Balaban J connectivity index is 2.43. The minimum absolute atomic E-state index is 0.340. The van der Waals surface area contributed by atoms with Crippen LogP contribution >= 0.6 is 15.9 Å². The first-order valence-electron chi connectivity index (χ1n) is 5.37. The Kier molecular flexibility index (Phi) is 6.00. The van der Waals surface area contributed by atoms with Crippen molar-refractivity contribution in [3.05, 3.63) is 28.2 Å². The highest BCUT2D eigenvalue weighted by atomic mass is 79.9. The summed E-state index contributed by atoms with van der Waals surface area (Å²) in [5.41, 5.74) is 1.11. The fourth-order valence-electron chi connectivity index (χ4n) is 1.49. The van der Waals surface area contributed by atoms with Gasteiger partial charge in [-0.1, -0.05) is 22.0 Å². The molecule has 0 heterocycles. The van der Waals surface area contributed by atoms with Crippen LogP contribution in [-0.4, -0.2) is 31.3 Å². The molecule has 17 heavy (non-hydrogen) atoms. The van der Waals surface area contributed by atoms with Gasteiger partial charge in [0, 0.05) is 11.0 Å². The molecule has 0 aliphatic carbocycles. The number of aliphatic hydroxyl groups is 1. The number of rotatable bonds is 6. The van der Waals surface area contributed by atoms with E-state index in [9.17, 15) is 4.79 Å². The number of ether oxygens (including phenoxy) is 1. The molecule has 0 bridgehead atoms. The van der Waals surface area contributed by atoms with Crippen LogP contribution in [0.5, 0.6) is 5.75 Å². The Hall–Kier alpha value is -1.07. The predicted octanol–water partition coefficient (Wildman–Crippen LogP) is 1.50. The van der Waals surface area contributed by atoms with E-state index in [0.717, 1.165) is 28.6 Å². The van der Waals surface area contributed by atoms with E-state index >= 15 is 0 Å². The van der Waals surface area contributed by atoms with Crippen LogP contribution in [0.25, 0.3) is 0 Å². The standard InChI is InChI=1S/C12H16BrNO3/c1-17-11-7-10(13)5-4-9(11)3-2-6-14-12(16)8-15/h4-5,7,15H,2-3,6,8H2,1H3,(H,14,16). The molecule has 1 rings (SSSR count). The Labute approximate surface area is 109 Å². The Morgan fingerprint density at radius 2 is 2.29 bits per heavy atom. The van der Waals surface area contributed by atoms with Crippen LogP contribution < -0.4 is 10.1 Å². The minimum atomic E-state index is -0.457. The third kappa shape index (κ3) is 4.75. The lowest BCUT2D eigenvalue weighted by atomic mass is 10.1.